The lowest BCUT2D eigenvalue weighted by molar-refractivity contribution is -0.135. The summed E-state index contributed by atoms with van der Waals surface area (Å²) in [5.74, 6) is 8.35. The van der Waals surface area contributed by atoms with Crippen LogP contribution in [0.2, 0.25) is 0 Å². The normalized spacial score (nSPS) is 29.7. The number of carbonyl (C=O) groups excluding carboxylic acids is 2. The van der Waals surface area contributed by atoms with Gasteiger partial charge in [-0.15, -0.1) is 0 Å². The van der Waals surface area contributed by atoms with Crippen molar-refractivity contribution in [1.29, 1.82) is 0 Å². The monoisotopic (exact) mass is 940 g/mol. The van der Waals surface area contributed by atoms with E-state index in [0.29, 0.717) is 91.8 Å². The van der Waals surface area contributed by atoms with Crippen molar-refractivity contribution in [2.75, 3.05) is 20.2 Å². The number of methoxy groups -OCH3 is 1. The molecule has 8 N–H and O–H groups in total. The smallest absolute Gasteiger partial charge is 0.160 e. The summed E-state index contributed by atoms with van der Waals surface area (Å²) >= 11 is 0. The first-order valence-electron chi connectivity index (χ1n) is 26.4. The molecule has 3 aromatic carbocycles. The summed E-state index contributed by atoms with van der Waals surface area (Å²) in [5.41, 5.74) is 8.84. The van der Waals surface area contributed by atoms with Crippen LogP contribution < -0.4 is 21.1 Å². The lowest BCUT2D eigenvalue weighted by Gasteiger charge is -2.49. The minimum absolute atomic E-state index is 0.0467. The second-order valence-corrected chi connectivity index (χ2v) is 22.6. The number of aryl methyl sites for hydroxylation is 1. The Morgan fingerprint density at radius 1 is 0.942 bits per heavy atom. The number of ketones is 2. The highest BCUT2D eigenvalue weighted by Gasteiger charge is 2.52. The SMILES string of the molecule is COc1cc2c(cc1O)[C@@H](C[C@H](O)[C@H](O)[C@H](CCC(C)C)[C@H](C1=CCNC(N)=C1)c1ccc3ccccc3c1)C#C[C@@]1(CC[C@H](CC3([C@@H]4CN[C@@H]5CC(=O)CC[C@@H]5C4)CCCC3)C[C@H]1O)C(=O)CC2. The van der Waals surface area contributed by atoms with Gasteiger partial charge in [-0.05, 0) is 163 Å². The Morgan fingerprint density at radius 2 is 1.74 bits per heavy atom. The van der Waals surface area contributed by atoms with Crippen LogP contribution >= 0.6 is 0 Å². The molecule has 2 aliphatic heterocycles. The van der Waals surface area contributed by atoms with Crippen molar-refractivity contribution in [3.8, 4) is 23.3 Å². The number of rotatable bonds is 14. The summed E-state index contributed by atoms with van der Waals surface area (Å²) in [7, 11) is 1.50. The molecule has 4 fully saturated rings. The van der Waals surface area contributed by atoms with Gasteiger partial charge in [0.05, 0.1) is 31.2 Å². The first-order chi connectivity index (χ1) is 33.3. The largest absolute Gasteiger partial charge is 0.504 e. The van der Waals surface area contributed by atoms with E-state index in [2.05, 4.69) is 72.7 Å². The quantitative estimate of drug-likeness (QED) is 0.0774. The van der Waals surface area contributed by atoms with Crippen molar-refractivity contribution in [2.24, 2.45) is 46.2 Å². The molecule has 4 aliphatic carbocycles. The van der Waals surface area contributed by atoms with Crippen LogP contribution in [0.15, 0.2) is 78.1 Å². The third kappa shape index (κ3) is 10.4. The van der Waals surface area contributed by atoms with E-state index >= 15 is 0 Å². The second kappa shape index (κ2) is 21.0. The third-order valence-corrected chi connectivity index (χ3v) is 17.9. The maximum Gasteiger partial charge on any atom is 0.160 e. The summed E-state index contributed by atoms with van der Waals surface area (Å²) in [4.78, 5) is 27.0. The number of fused-ring (bicyclic) bond motifs is 3. The average Bonchev–Trinajstić information content (AvgIpc) is 3.83. The van der Waals surface area contributed by atoms with Crippen molar-refractivity contribution in [1.82, 2.24) is 10.6 Å². The van der Waals surface area contributed by atoms with E-state index in [4.69, 9.17) is 10.5 Å². The predicted molar refractivity (Wildman–Crippen MR) is 271 cm³/mol. The molecule has 1 spiro atoms. The number of phenolic OH excluding ortho intramolecular Hbond substituents is 1. The van der Waals surface area contributed by atoms with E-state index in [1.807, 2.05) is 18.2 Å². The van der Waals surface area contributed by atoms with Gasteiger partial charge in [0.25, 0.3) is 0 Å². The Kier molecular flexibility index (Phi) is 15.0. The van der Waals surface area contributed by atoms with Crippen LogP contribution in [0.5, 0.6) is 11.5 Å². The number of allylic oxidation sites excluding steroid dienone is 2. The standard InChI is InChI=1S/C59H77N3O7/c1-36(2)10-16-47(56(44-20-25-61-55(60)31-44)43-12-11-38-8-4-5-9-39(38)27-43)57(68)51(65)29-41-19-24-59(53(66)17-14-40-30-52(69-3)50(64)33-48(40)41)23-18-37(26-54(59)67)34-58(21-6-7-22-58)45-28-42-13-15-46(63)32-49(42)62-35-45/h4-5,8-9,11-12,20,27,30-31,33,36-37,41-42,45,47,49,51,54,56-57,61-62,64-65,67-68H,6-7,10,13-18,21-23,25-26,28-29,32,34-35,60H2,1-3H3/t37-,41+,42+,45-,47+,49+,51-,54+,56-,57+,59-/m0/s1. The molecule has 3 aromatic rings. The molecule has 0 aromatic heterocycles. The van der Waals surface area contributed by atoms with Gasteiger partial charge in [-0.3, -0.25) is 9.59 Å². The maximum atomic E-state index is 14.7. The molecule has 0 radical (unpaired) electrons. The molecule has 1 saturated heterocycles. The highest BCUT2D eigenvalue weighted by molar-refractivity contribution is 5.89. The summed E-state index contributed by atoms with van der Waals surface area (Å²) < 4.78 is 5.57. The number of dihydropyridines is 1. The lowest BCUT2D eigenvalue weighted by atomic mass is 9.58. The molecule has 0 unspecified atom stereocenters. The van der Waals surface area contributed by atoms with Crippen molar-refractivity contribution >= 4 is 22.3 Å². The number of aromatic hydroxyl groups is 1. The molecule has 10 nitrogen and oxygen atoms in total. The zero-order valence-corrected chi connectivity index (χ0v) is 41.2. The molecule has 10 heteroatoms. The highest BCUT2D eigenvalue weighted by atomic mass is 16.5. The first-order valence-corrected chi connectivity index (χ1v) is 26.4. The Hall–Kier alpha value is -4.66. The minimum Gasteiger partial charge on any atom is -0.504 e. The van der Waals surface area contributed by atoms with Crippen LogP contribution in [0.25, 0.3) is 10.8 Å². The molecule has 6 aliphatic rings. The van der Waals surface area contributed by atoms with E-state index in [1.165, 1.54) is 39.2 Å². The Bertz CT molecular complexity index is 2480. The van der Waals surface area contributed by atoms with Gasteiger partial charge in [0, 0.05) is 43.7 Å². The van der Waals surface area contributed by atoms with Gasteiger partial charge in [0.2, 0.25) is 0 Å². The van der Waals surface area contributed by atoms with Crippen molar-refractivity contribution in [3.05, 3.63) is 94.8 Å². The second-order valence-electron chi connectivity index (χ2n) is 22.6. The number of carbonyl (C=O) groups is 2. The number of ether oxygens (including phenoxy) is 1. The Morgan fingerprint density at radius 3 is 2.49 bits per heavy atom. The molecule has 3 saturated carbocycles. The van der Waals surface area contributed by atoms with Crippen LogP contribution in [0.3, 0.4) is 0 Å². The number of Topliss-reactive ketones (excluding diaryl/α,β-unsaturated/α-hetero) is 2. The number of aliphatic hydroxyl groups excluding tert-OH is 3. The molecule has 2 heterocycles. The lowest BCUT2D eigenvalue weighted by Crippen LogP contribution is -2.53. The number of nitrogens with two attached hydrogens (primary N) is 1. The number of piperidine rings is 1. The van der Waals surface area contributed by atoms with Crippen molar-refractivity contribution in [2.45, 2.75) is 159 Å². The number of hydrogen-bond donors (Lipinski definition) is 7. The molecule has 11 atom stereocenters. The number of aliphatic hydroxyl groups is 3. The van der Waals surface area contributed by atoms with E-state index in [1.54, 1.807) is 12.1 Å². The number of benzene rings is 3. The maximum absolute atomic E-state index is 14.7. The van der Waals surface area contributed by atoms with E-state index < -0.39 is 35.6 Å². The highest BCUT2D eigenvalue weighted by Crippen LogP contribution is 2.55. The van der Waals surface area contributed by atoms with E-state index in [9.17, 15) is 30.0 Å². The van der Waals surface area contributed by atoms with Crippen LogP contribution in [0.1, 0.15) is 145 Å². The number of phenols is 1. The summed E-state index contributed by atoms with van der Waals surface area (Å²) in [6.07, 6.45) is 13.9. The van der Waals surface area contributed by atoms with Gasteiger partial charge in [0.15, 0.2) is 17.3 Å². The molecular formula is C59H77N3O7. The van der Waals surface area contributed by atoms with Crippen LogP contribution in [0.4, 0.5) is 0 Å². The first kappa shape index (κ1) is 49.3. The van der Waals surface area contributed by atoms with Gasteiger partial charge >= 0.3 is 0 Å². The van der Waals surface area contributed by atoms with Gasteiger partial charge in [-0.1, -0.05) is 93.5 Å². The molecular weight excluding hydrogens is 863 g/mol. The average molecular weight is 940 g/mol. The van der Waals surface area contributed by atoms with Gasteiger partial charge in [0.1, 0.15) is 11.2 Å². The number of nitrogens with one attached hydrogen (secondary N) is 2. The van der Waals surface area contributed by atoms with Crippen molar-refractivity contribution < 1.29 is 34.8 Å². The Labute approximate surface area is 410 Å². The zero-order chi connectivity index (χ0) is 48.5. The number of hydrogen-bond acceptors (Lipinski definition) is 10. The van der Waals surface area contributed by atoms with Crippen LogP contribution in [0, 0.1) is 52.3 Å². The zero-order valence-electron chi connectivity index (χ0n) is 41.2. The fourth-order valence-corrected chi connectivity index (χ4v) is 14.1. The van der Waals surface area contributed by atoms with Gasteiger partial charge < -0.3 is 41.5 Å². The van der Waals surface area contributed by atoms with E-state index in [-0.39, 0.29) is 41.6 Å². The summed E-state index contributed by atoms with van der Waals surface area (Å²) in [6.45, 7) is 5.85. The molecule has 370 valence electrons. The van der Waals surface area contributed by atoms with Gasteiger partial charge in [-0.2, -0.15) is 0 Å². The fraction of sp³-hybridized carbons (Fsp3) is 0.593. The van der Waals surface area contributed by atoms with Crippen LogP contribution in [-0.2, 0) is 16.0 Å². The third-order valence-electron chi connectivity index (χ3n) is 17.9. The fourth-order valence-electron chi connectivity index (χ4n) is 14.1. The molecule has 0 amide bonds. The summed E-state index contributed by atoms with van der Waals surface area (Å²) in [5, 5.41) is 58.1. The predicted octanol–water partition coefficient (Wildman–Crippen LogP) is 8.88. The molecule has 69 heavy (non-hydrogen) atoms. The Balaban J connectivity index is 1.01. The molecule has 9 rings (SSSR count). The van der Waals surface area contributed by atoms with Crippen molar-refractivity contribution in [3.63, 3.8) is 0 Å². The van der Waals surface area contributed by atoms with E-state index in [0.717, 1.165) is 59.7 Å². The molecule has 0 bridgehead atoms. The topological polar surface area (TPSA) is 174 Å². The van der Waals surface area contributed by atoms with Crippen LogP contribution in [-0.4, -0.2) is 76.5 Å². The minimum atomic E-state index is -1.27. The summed E-state index contributed by atoms with van der Waals surface area (Å²) in [6, 6.07) is 18.4. The van der Waals surface area contributed by atoms with Gasteiger partial charge in [-0.25, -0.2) is 0 Å².